The average molecular weight is 369 g/mol. The van der Waals surface area contributed by atoms with E-state index in [1.807, 2.05) is 22.9 Å². The van der Waals surface area contributed by atoms with Gasteiger partial charge in [-0.25, -0.2) is 4.98 Å². The molecule has 25 heavy (non-hydrogen) atoms. The van der Waals surface area contributed by atoms with Crippen LogP contribution in [0.15, 0.2) is 53.2 Å². The van der Waals surface area contributed by atoms with E-state index < -0.39 is 0 Å². The van der Waals surface area contributed by atoms with Gasteiger partial charge in [-0.2, -0.15) is 0 Å². The van der Waals surface area contributed by atoms with Crippen molar-refractivity contribution in [1.82, 2.24) is 4.98 Å². The Balaban J connectivity index is 1.67. The molecule has 1 aromatic carbocycles. The van der Waals surface area contributed by atoms with Gasteiger partial charge in [0.2, 0.25) is 5.91 Å². The molecule has 5 heteroatoms. The number of benzene rings is 1. The van der Waals surface area contributed by atoms with E-state index in [4.69, 9.17) is 0 Å². The summed E-state index contributed by atoms with van der Waals surface area (Å²) in [6, 6.07) is 12.4. The summed E-state index contributed by atoms with van der Waals surface area (Å²) in [4.78, 5) is 17.5. The van der Waals surface area contributed by atoms with Crippen LogP contribution in [0, 0.1) is 0 Å². The molecular weight excluding hydrogens is 348 g/mol. The summed E-state index contributed by atoms with van der Waals surface area (Å²) >= 11 is 3.03. The molecule has 0 unspecified atom stereocenters. The van der Waals surface area contributed by atoms with E-state index in [0.717, 1.165) is 16.1 Å². The molecule has 0 aliphatic carbocycles. The minimum absolute atomic E-state index is 0.134. The first-order chi connectivity index (χ1) is 11.9. The number of rotatable bonds is 4. The van der Waals surface area contributed by atoms with Gasteiger partial charge >= 0.3 is 0 Å². The van der Waals surface area contributed by atoms with Crippen LogP contribution in [0.3, 0.4) is 0 Å². The minimum atomic E-state index is -0.169. The predicted molar refractivity (Wildman–Crippen MR) is 108 cm³/mol. The van der Waals surface area contributed by atoms with Crippen molar-refractivity contribution >= 4 is 39.8 Å². The monoisotopic (exact) mass is 368 g/mol. The Morgan fingerprint density at radius 2 is 1.88 bits per heavy atom. The topological polar surface area (TPSA) is 42.0 Å². The second-order valence-corrected chi connectivity index (χ2v) is 8.54. The van der Waals surface area contributed by atoms with Gasteiger partial charge in [0.15, 0.2) is 5.13 Å². The summed E-state index contributed by atoms with van der Waals surface area (Å²) in [6.45, 7) is 6.59. The largest absolute Gasteiger partial charge is 0.298 e. The number of carbonyl (C=O) groups excluding carboxylic acids is 1. The molecule has 3 aromatic rings. The number of thiazole rings is 1. The van der Waals surface area contributed by atoms with E-state index in [0.29, 0.717) is 5.13 Å². The van der Waals surface area contributed by atoms with Crippen molar-refractivity contribution in [3.8, 4) is 11.3 Å². The zero-order chi connectivity index (χ0) is 17.9. The molecule has 3 rings (SSSR count). The van der Waals surface area contributed by atoms with Gasteiger partial charge in [-0.15, -0.1) is 22.7 Å². The lowest BCUT2D eigenvalue weighted by Crippen LogP contribution is -2.10. The number of nitrogens with one attached hydrogen (secondary N) is 1. The zero-order valence-corrected chi connectivity index (χ0v) is 16.1. The van der Waals surface area contributed by atoms with Crippen molar-refractivity contribution in [3.05, 3.63) is 63.7 Å². The highest BCUT2D eigenvalue weighted by molar-refractivity contribution is 7.14. The molecule has 1 N–H and O–H groups in total. The molecule has 2 heterocycles. The molecule has 0 fully saturated rings. The summed E-state index contributed by atoms with van der Waals surface area (Å²) < 4.78 is 0. The summed E-state index contributed by atoms with van der Waals surface area (Å²) in [6.07, 6.45) is 3.34. The van der Waals surface area contributed by atoms with Crippen LogP contribution in [-0.2, 0) is 10.2 Å². The molecule has 128 valence electrons. The Morgan fingerprint density at radius 3 is 2.52 bits per heavy atom. The quantitative estimate of drug-likeness (QED) is 0.590. The van der Waals surface area contributed by atoms with Crippen LogP contribution in [0.25, 0.3) is 17.3 Å². The molecule has 0 saturated heterocycles. The maximum absolute atomic E-state index is 12.0. The number of nitrogens with zero attached hydrogens (tertiary/aromatic N) is 1. The van der Waals surface area contributed by atoms with E-state index in [9.17, 15) is 4.79 Å². The first-order valence-corrected chi connectivity index (χ1v) is 9.77. The van der Waals surface area contributed by atoms with Gasteiger partial charge < -0.3 is 0 Å². The highest BCUT2D eigenvalue weighted by atomic mass is 32.1. The highest BCUT2D eigenvalue weighted by Gasteiger charge is 2.13. The van der Waals surface area contributed by atoms with E-state index in [1.165, 1.54) is 23.0 Å². The summed E-state index contributed by atoms with van der Waals surface area (Å²) in [5, 5.41) is 7.37. The van der Waals surface area contributed by atoms with E-state index in [2.05, 4.69) is 55.3 Å². The van der Waals surface area contributed by atoms with Crippen molar-refractivity contribution in [3.63, 3.8) is 0 Å². The molecule has 0 radical (unpaired) electrons. The van der Waals surface area contributed by atoms with Gasteiger partial charge in [0.05, 0.1) is 5.69 Å². The fourth-order valence-electron chi connectivity index (χ4n) is 2.30. The van der Waals surface area contributed by atoms with Crippen molar-refractivity contribution in [1.29, 1.82) is 0 Å². The standard InChI is InChI=1S/C20H20N2OS2/c1-20(2,3)15-8-6-14(7-9-15)17-13-25-19(21-17)22-18(23)11-10-16-5-4-12-24-16/h4-13H,1-3H3,(H,21,22,23). The molecule has 1 amide bonds. The first-order valence-electron chi connectivity index (χ1n) is 8.01. The molecule has 0 spiro atoms. The second-order valence-electron chi connectivity index (χ2n) is 6.70. The van der Waals surface area contributed by atoms with Gasteiger partial charge in [0.25, 0.3) is 0 Å². The average Bonchev–Trinajstić information content (AvgIpc) is 3.24. The summed E-state index contributed by atoms with van der Waals surface area (Å²) in [5.74, 6) is -0.169. The maximum Gasteiger partial charge on any atom is 0.250 e. The van der Waals surface area contributed by atoms with Gasteiger partial charge in [-0.1, -0.05) is 51.1 Å². The zero-order valence-electron chi connectivity index (χ0n) is 14.4. The van der Waals surface area contributed by atoms with Crippen LogP contribution >= 0.6 is 22.7 Å². The van der Waals surface area contributed by atoms with Crippen molar-refractivity contribution in [2.75, 3.05) is 5.32 Å². The van der Waals surface area contributed by atoms with E-state index >= 15 is 0 Å². The van der Waals surface area contributed by atoms with E-state index in [1.54, 1.807) is 17.4 Å². The van der Waals surface area contributed by atoms with Crippen LogP contribution in [0.1, 0.15) is 31.2 Å². The van der Waals surface area contributed by atoms with Crippen molar-refractivity contribution < 1.29 is 4.79 Å². The summed E-state index contributed by atoms with van der Waals surface area (Å²) in [5.41, 5.74) is 3.36. The predicted octanol–water partition coefficient (Wildman–Crippen LogP) is 5.82. The molecule has 3 nitrogen and oxygen atoms in total. The fourth-order valence-corrected chi connectivity index (χ4v) is 3.64. The second kappa shape index (κ2) is 7.33. The number of carbonyl (C=O) groups is 1. The third-order valence-electron chi connectivity index (χ3n) is 3.72. The number of hydrogen-bond donors (Lipinski definition) is 1. The Morgan fingerprint density at radius 1 is 1.12 bits per heavy atom. The van der Waals surface area contributed by atoms with Gasteiger partial charge in [-0.3, -0.25) is 10.1 Å². The van der Waals surface area contributed by atoms with Crippen LogP contribution in [0.2, 0.25) is 0 Å². The fraction of sp³-hybridized carbons (Fsp3) is 0.200. The molecule has 0 atom stereocenters. The third-order valence-corrected chi connectivity index (χ3v) is 5.32. The SMILES string of the molecule is CC(C)(C)c1ccc(-c2csc(NC(=O)C=Cc3cccs3)n2)cc1. The Labute approximate surface area is 156 Å². The van der Waals surface area contributed by atoms with Gasteiger partial charge in [-0.05, 0) is 28.5 Å². The first kappa shape index (κ1) is 17.6. The van der Waals surface area contributed by atoms with E-state index in [-0.39, 0.29) is 11.3 Å². The highest BCUT2D eigenvalue weighted by Crippen LogP contribution is 2.28. The lowest BCUT2D eigenvalue weighted by Gasteiger charge is -2.18. The smallest absolute Gasteiger partial charge is 0.250 e. The molecular formula is C20H20N2OS2. The molecule has 0 aliphatic rings. The number of thiophene rings is 1. The normalized spacial score (nSPS) is 11.8. The van der Waals surface area contributed by atoms with Gasteiger partial charge in [0, 0.05) is 21.9 Å². The Bertz CT molecular complexity index is 869. The van der Waals surface area contributed by atoms with Gasteiger partial charge in [0.1, 0.15) is 0 Å². The number of anilines is 1. The number of aromatic nitrogens is 1. The third kappa shape index (κ3) is 4.65. The molecule has 0 bridgehead atoms. The Hall–Kier alpha value is -2.24. The molecule has 2 aromatic heterocycles. The maximum atomic E-state index is 12.0. The summed E-state index contributed by atoms with van der Waals surface area (Å²) in [7, 11) is 0. The molecule has 0 saturated carbocycles. The van der Waals surface area contributed by atoms with Crippen molar-refractivity contribution in [2.45, 2.75) is 26.2 Å². The van der Waals surface area contributed by atoms with Crippen molar-refractivity contribution in [2.24, 2.45) is 0 Å². The van der Waals surface area contributed by atoms with Crippen LogP contribution in [0.4, 0.5) is 5.13 Å². The lowest BCUT2D eigenvalue weighted by molar-refractivity contribution is -0.111. The van der Waals surface area contributed by atoms with Crippen LogP contribution in [0.5, 0.6) is 0 Å². The van der Waals surface area contributed by atoms with Crippen LogP contribution < -0.4 is 5.32 Å². The minimum Gasteiger partial charge on any atom is -0.298 e. The molecule has 0 aliphatic heterocycles. The lowest BCUT2D eigenvalue weighted by atomic mass is 9.86. The Kier molecular flexibility index (Phi) is 5.16. The number of hydrogen-bond acceptors (Lipinski definition) is 4. The number of amides is 1. The van der Waals surface area contributed by atoms with Crippen LogP contribution in [-0.4, -0.2) is 10.9 Å².